The van der Waals surface area contributed by atoms with Gasteiger partial charge in [0.1, 0.15) is 5.75 Å². The summed E-state index contributed by atoms with van der Waals surface area (Å²) in [6.07, 6.45) is 1.85. The number of piperidine rings is 1. The third-order valence-electron chi connectivity index (χ3n) is 4.93. The first kappa shape index (κ1) is 18.3. The second kappa shape index (κ2) is 8.23. The topological polar surface area (TPSA) is 59.0 Å². The van der Waals surface area contributed by atoms with Gasteiger partial charge in [0.2, 0.25) is 0 Å². The molecule has 1 fully saturated rings. The number of carbonyl (C=O) groups excluding carboxylic acids is 1. The lowest BCUT2D eigenvalue weighted by molar-refractivity contribution is 0.0810. The molecule has 5 heteroatoms. The minimum absolute atomic E-state index is 0.0383. The summed E-state index contributed by atoms with van der Waals surface area (Å²) in [5.41, 5.74) is 1.51. The Kier molecular flexibility index (Phi) is 5.78. The Bertz CT molecular complexity index is 774. The number of likely N-dealkylation sites (tertiary alicyclic amines) is 1. The Hall–Kier alpha value is -2.53. The smallest absolute Gasteiger partial charge is 0.167 e. The number of carbonyl (C=O) groups is 1. The molecule has 0 aliphatic carbocycles. The van der Waals surface area contributed by atoms with E-state index in [0.29, 0.717) is 30.2 Å². The minimum Gasteiger partial charge on any atom is -0.504 e. The van der Waals surface area contributed by atoms with Crippen LogP contribution in [0.2, 0.25) is 0 Å². The molecule has 1 aliphatic heterocycles. The number of para-hydroxylation sites is 1. The summed E-state index contributed by atoms with van der Waals surface area (Å²) < 4.78 is 10.4. The van der Waals surface area contributed by atoms with Crippen LogP contribution >= 0.6 is 0 Å². The summed E-state index contributed by atoms with van der Waals surface area (Å²) in [6.45, 7) is 2.20. The molecule has 1 unspecified atom stereocenters. The van der Waals surface area contributed by atoms with Gasteiger partial charge < -0.3 is 14.6 Å². The lowest BCUT2D eigenvalue weighted by atomic mass is 9.89. The van der Waals surface area contributed by atoms with Crippen molar-refractivity contribution >= 4 is 5.78 Å². The normalized spacial score (nSPS) is 17.7. The van der Waals surface area contributed by atoms with Gasteiger partial charge in [0, 0.05) is 30.1 Å². The fraction of sp³-hybridized carbons (Fsp3) is 0.381. The van der Waals surface area contributed by atoms with E-state index in [1.54, 1.807) is 26.4 Å². The number of hydrogen-bond acceptors (Lipinski definition) is 5. The molecule has 0 radical (unpaired) electrons. The summed E-state index contributed by atoms with van der Waals surface area (Å²) >= 11 is 0. The Balaban J connectivity index is 1.70. The molecular formula is C21H25NO4. The van der Waals surface area contributed by atoms with E-state index in [9.17, 15) is 9.90 Å². The van der Waals surface area contributed by atoms with Crippen molar-refractivity contribution in [3.05, 3.63) is 53.6 Å². The van der Waals surface area contributed by atoms with E-state index in [0.717, 1.165) is 24.9 Å². The summed E-state index contributed by atoms with van der Waals surface area (Å²) in [6, 6.07) is 12.8. The van der Waals surface area contributed by atoms with Crippen molar-refractivity contribution < 1.29 is 19.4 Å². The van der Waals surface area contributed by atoms with E-state index in [4.69, 9.17) is 9.47 Å². The second-order valence-electron chi connectivity index (χ2n) is 6.64. The molecule has 1 heterocycles. The predicted molar refractivity (Wildman–Crippen MR) is 100.0 cm³/mol. The third kappa shape index (κ3) is 3.99. The molecular weight excluding hydrogens is 330 g/mol. The zero-order valence-corrected chi connectivity index (χ0v) is 15.3. The van der Waals surface area contributed by atoms with E-state index in [1.165, 1.54) is 0 Å². The molecule has 138 valence electrons. The highest BCUT2D eigenvalue weighted by atomic mass is 16.5. The van der Waals surface area contributed by atoms with E-state index < -0.39 is 0 Å². The number of phenolic OH excluding ortho intramolecular Hbond substituents is 1. The summed E-state index contributed by atoms with van der Waals surface area (Å²) in [5, 5.41) is 10.3. The quantitative estimate of drug-likeness (QED) is 0.804. The monoisotopic (exact) mass is 355 g/mol. The number of ketones is 1. The van der Waals surface area contributed by atoms with Crippen LogP contribution in [0.4, 0.5) is 0 Å². The van der Waals surface area contributed by atoms with Gasteiger partial charge in [-0.25, -0.2) is 0 Å². The molecule has 2 aromatic rings. The first-order chi connectivity index (χ1) is 12.6. The van der Waals surface area contributed by atoms with E-state index in [2.05, 4.69) is 4.90 Å². The van der Waals surface area contributed by atoms with Gasteiger partial charge in [0.05, 0.1) is 14.2 Å². The molecule has 2 aromatic carbocycles. The fourth-order valence-electron chi connectivity index (χ4n) is 3.53. The van der Waals surface area contributed by atoms with Crippen LogP contribution in [0, 0.1) is 5.92 Å². The number of aromatic hydroxyl groups is 1. The standard InChI is InChI=1S/C21H25NO4/c1-25-18-9-3-6-15(12-18)20(23)16-8-5-11-22(13-16)14-17-7-4-10-19(26-2)21(17)24/h3-4,6-7,9-10,12,16,24H,5,8,11,13-14H2,1-2H3. The molecule has 26 heavy (non-hydrogen) atoms. The van der Waals surface area contributed by atoms with E-state index >= 15 is 0 Å². The van der Waals surface area contributed by atoms with Crippen LogP contribution in [-0.2, 0) is 6.54 Å². The molecule has 0 amide bonds. The van der Waals surface area contributed by atoms with Gasteiger partial charge >= 0.3 is 0 Å². The van der Waals surface area contributed by atoms with Crippen LogP contribution in [0.25, 0.3) is 0 Å². The highest BCUT2D eigenvalue weighted by molar-refractivity contribution is 5.98. The Labute approximate surface area is 154 Å². The molecule has 1 N–H and O–H groups in total. The van der Waals surface area contributed by atoms with Crippen molar-refractivity contribution in [1.82, 2.24) is 4.90 Å². The van der Waals surface area contributed by atoms with Crippen molar-refractivity contribution in [2.45, 2.75) is 19.4 Å². The van der Waals surface area contributed by atoms with Crippen molar-refractivity contribution in [3.63, 3.8) is 0 Å². The lowest BCUT2D eigenvalue weighted by Gasteiger charge is -2.32. The van der Waals surface area contributed by atoms with Gasteiger partial charge in [-0.3, -0.25) is 9.69 Å². The largest absolute Gasteiger partial charge is 0.504 e. The van der Waals surface area contributed by atoms with Crippen LogP contribution in [0.3, 0.4) is 0 Å². The zero-order valence-electron chi connectivity index (χ0n) is 15.3. The minimum atomic E-state index is -0.0383. The van der Waals surface area contributed by atoms with Gasteiger partial charge in [0.15, 0.2) is 17.3 Å². The van der Waals surface area contributed by atoms with Crippen LogP contribution in [-0.4, -0.2) is 43.1 Å². The first-order valence-corrected chi connectivity index (χ1v) is 8.88. The summed E-state index contributed by atoms with van der Waals surface area (Å²) in [7, 11) is 3.15. The molecule has 0 bridgehead atoms. The molecule has 1 atom stereocenters. The maximum absolute atomic E-state index is 12.9. The lowest BCUT2D eigenvalue weighted by Crippen LogP contribution is -2.38. The molecule has 0 spiro atoms. The second-order valence-corrected chi connectivity index (χ2v) is 6.64. The molecule has 0 saturated carbocycles. The van der Waals surface area contributed by atoms with Crippen LogP contribution < -0.4 is 9.47 Å². The SMILES string of the molecule is COc1cccc(C(=O)C2CCCN(Cc3cccc(OC)c3O)C2)c1. The number of nitrogens with zero attached hydrogens (tertiary/aromatic N) is 1. The maximum atomic E-state index is 12.9. The Morgan fingerprint density at radius 3 is 2.77 bits per heavy atom. The average Bonchev–Trinajstić information content (AvgIpc) is 2.69. The van der Waals surface area contributed by atoms with Crippen molar-refractivity contribution in [1.29, 1.82) is 0 Å². The number of Topliss-reactive ketones (excluding diaryl/α,β-unsaturated/α-hetero) is 1. The van der Waals surface area contributed by atoms with Crippen LogP contribution in [0.5, 0.6) is 17.2 Å². The Morgan fingerprint density at radius 2 is 2.00 bits per heavy atom. The number of benzene rings is 2. The van der Waals surface area contributed by atoms with Crippen LogP contribution in [0.15, 0.2) is 42.5 Å². The molecule has 3 rings (SSSR count). The van der Waals surface area contributed by atoms with Gasteiger partial charge in [-0.05, 0) is 37.6 Å². The van der Waals surface area contributed by atoms with Gasteiger partial charge in [0.25, 0.3) is 0 Å². The molecule has 1 aliphatic rings. The number of ether oxygens (including phenoxy) is 2. The fourth-order valence-corrected chi connectivity index (χ4v) is 3.53. The number of methoxy groups -OCH3 is 2. The average molecular weight is 355 g/mol. The zero-order chi connectivity index (χ0) is 18.5. The van der Waals surface area contributed by atoms with Crippen molar-refractivity contribution in [2.75, 3.05) is 27.3 Å². The summed E-state index contributed by atoms with van der Waals surface area (Å²) in [5.74, 6) is 1.47. The molecule has 5 nitrogen and oxygen atoms in total. The number of rotatable bonds is 6. The van der Waals surface area contributed by atoms with E-state index in [1.807, 2.05) is 30.3 Å². The maximum Gasteiger partial charge on any atom is 0.167 e. The third-order valence-corrected chi connectivity index (χ3v) is 4.93. The predicted octanol–water partition coefficient (Wildman–Crippen LogP) is 3.50. The summed E-state index contributed by atoms with van der Waals surface area (Å²) in [4.78, 5) is 15.1. The molecule has 1 saturated heterocycles. The highest BCUT2D eigenvalue weighted by Crippen LogP contribution is 2.31. The molecule has 0 aromatic heterocycles. The first-order valence-electron chi connectivity index (χ1n) is 8.88. The van der Waals surface area contributed by atoms with Gasteiger partial charge in [-0.15, -0.1) is 0 Å². The van der Waals surface area contributed by atoms with Crippen LogP contribution in [0.1, 0.15) is 28.8 Å². The van der Waals surface area contributed by atoms with Crippen molar-refractivity contribution in [2.24, 2.45) is 5.92 Å². The Morgan fingerprint density at radius 1 is 1.19 bits per heavy atom. The van der Waals surface area contributed by atoms with Crippen molar-refractivity contribution in [3.8, 4) is 17.2 Å². The highest BCUT2D eigenvalue weighted by Gasteiger charge is 2.27. The number of hydrogen-bond donors (Lipinski definition) is 1. The number of phenols is 1. The van der Waals surface area contributed by atoms with Gasteiger partial charge in [-0.2, -0.15) is 0 Å². The van der Waals surface area contributed by atoms with Gasteiger partial charge in [-0.1, -0.05) is 24.3 Å². The van der Waals surface area contributed by atoms with E-state index in [-0.39, 0.29) is 17.5 Å².